The molecule has 2 aromatic rings. The van der Waals surface area contributed by atoms with Crippen LogP contribution in [0.5, 0.6) is 0 Å². The highest BCUT2D eigenvalue weighted by atomic mass is 79.9. The van der Waals surface area contributed by atoms with Crippen LogP contribution in [-0.4, -0.2) is 27.3 Å². The van der Waals surface area contributed by atoms with E-state index in [4.69, 9.17) is 4.74 Å². The fourth-order valence-electron chi connectivity index (χ4n) is 3.75. The summed E-state index contributed by atoms with van der Waals surface area (Å²) in [7, 11) is 0. The molecule has 2 aromatic heterocycles. The molecule has 0 N–H and O–H groups in total. The number of hydrogen-bond donors (Lipinski definition) is 0. The topological polar surface area (TPSA) is 49.1 Å². The number of aromatic nitrogens is 3. The molecule has 1 fully saturated rings. The molecule has 24 heavy (non-hydrogen) atoms. The summed E-state index contributed by atoms with van der Waals surface area (Å²) in [5, 5.41) is 0. The van der Waals surface area contributed by atoms with Gasteiger partial charge in [-0.3, -0.25) is 4.57 Å². The highest BCUT2D eigenvalue weighted by Crippen LogP contribution is 2.26. The average molecular weight is 392 g/mol. The molecule has 4 rings (SSSR count). The van der Waals surface area contributed by atoms with E-state index < -0.39 is 0 Å². The van der Waals surface area contributed by atoms with Gasteiger partial charge in [-0.05, 0) is 66.4 Å². The van der Waals surface area contributed by atoms with Gasteiger partial charge < -0.3 is 4.74 Å². The van der Waals surface area contributed by atoms with Crippen LogP contribution in [0.25, 0.3) is 16.9 Å². The van der Waals surface area contributed by atoms with E-state index in [1.165, 1.54) is 6.42 Å². The molecule has 6 heteroatoms. The molecule has 0 saturated carbocycles. The molecule has 5 nitrogen and oxygen atoms in total. The fourth-order valence-corrected chi connectivity index (χ4v) is 4.07. The van der Waals surface area contributed by atoms with Crippen molar-refractivity contribution in [2.45, 2.75) is 45.1 Å². The van der Waals surface area contributed by atoms with Gasteiger partial charge >= 0.3 is 5.69 Å². The van der Waals surface area contributed by atoms with Gasteiger partial charge in [-0.25, -0.2) is 14.3 Å². The molecule has 2 aliphatic rings. The number of fused-ring (bicyclic) bond motifs is 1. The first-order valence-electron chi connectivity index (χ1n) is 8.78. The molecule has 0 unspecified atom stereocenters. The van der Waals surface area contributed by atoms with Crippen molar-refractivity contribution in [1.29, 1.82) is 0 Å². The van der Waals surface area contributed by atoms with E-state index in [0.717, 1.165) is 73.2 Å². The van der Waals surface area contributed by atoms with Crippen LogP contribution in [-0.2, 0) is 11.3 Å². The predicted molar refractivity (Wildman–Crippen MR) is 98.0 cm³/mol. The van der Waals surface area contributed by atoms with Crippen LogP contribution in [0.15, 0.2) is 27.6 Å². The maximum absolute atomic E-state index is 13.2. The summed E-state index contributed by atoms with van der Waals surface area (Å²) in [5.74, 6) is 0.495. The molecule has 128 valence electrons. The highest BCUT2D eigenvalue weighted by molar-refractivity contribution is 9.10. The molecule has 3 heterocycles. The Morgan fingerprint density at radius 3 is 2.88 bits per heavy atom. The largest absolute Gasteiger partial charge is 0.381 e. The molecule has 1 aliphatic heterocycles. The molecule has 1 saturated heterocycles. The van der Waals surface area contributed by atoms with Gasteiger partial charge in [-0.15, -0.1) is 0 Å². The van der Waals surface area contributed by atoms with Gasteiger partial charge in [0.25, 0.3) is 0 Å². The fraction of sp³-hybridized carbons (Fsp3) is 0.556. The lowest BCUT2D eigenvalue weighted by Crippen LogP contribution is -2.29. The van der Waals surface area contributed by atoms with Crippen molar-refractivity contribution in [3.8, 4) is 0 Å². The first-order chi connectivity index (χ1) is 11.7. The number of allylic oxidation sites excluding steroid dienone is 2. The van der Waals surface area contributed by atoms with Crippen LogP contribution in [0.4, 0.5) is 0 Å². The van der Waals surface area contributed by atoms with Crippen molar-refractivity contribution < 1.29 is 4.74 Å². The van der Waals surface area contributed by atoms with Gasteiger partial charge in [0.15, 0.2) is 5.65 Å². The summed E-state index contributed by atoms with van der Waals surface area (Å²) in [6, 6.07) is 2.02. The molecule has 1 aliphatic carbocycles. The minimum absolute atomic E-state index is 0.0511. The summed E-state index contributed by atoms with van der Waals surface area (Å²) in [5.41, 5.74) is 2.86. The lowest BCUT2D eigenvalue weighted by Gasteiger charge is -2.22. The Labute approximate surface area is 149 Å². The van der Waals surface area contributed by atoms with E-state index in [-0.39, 0.29) is 5.69 Å². The van der Waals surface area contributed by atoms with Gasteiger partial charge in [0, 0.05) is 36.1 Å². The van der Waals surface area contributed by atoms with Crippen molar-refractivity contribution in [3.63, 3.8) is 0 Å². The van der Waals surface area contributed by atoms with E-state index in [2.05, 4.69) is 27.0 Å². The van der Waals surface area contributed by atoms with Gasteiger partial charge in [0.1, 0.15) is 0 Å². The first-order valence-corrected chi connectivity index (χ1v) is 9.57. The highest BCUT2D eigenvalue weighted by Gasteiger charge is 2.22. The first kappa shape index (κ1) is 16.1. The van der Waals surface area contributed by atoms with Crippen LogP contribution in [0, 0.1) is 5.92 Å². The zero-order chi connectivity index (χ0) is 16.5. The molecule has 0 spiro atoms. The van der Waals surface area contributed by atoms with Crippen molar-refractivity contribution in [2.24, 2.45) is 5.92 Å². The summed E-state index contributed by atoms with van der Waals surface area (Å²) in [6.45, 7) is 2.34. The zero-order valence-corrected chi connectivity index (χ0v) is 15.3. The number of rotatable bonds is 3. The lowest BCUT2D eigenvalue weighted by molar-refractivity contribution is 0.0613. The Bertz CT molecular complexity index is 831. The third kappa shape index (κ3) is 2.97. The van der Waals surface area contributed by atoms with Gasteiger partial charge in [0.2, 0.25) is 0 Å². The molecular weight excluding hydrogens is 370 g/mol. The standard InChI is InChI=1S/C18H22BrN3O2/c19-14-10-16-17(20-11-14)22(15-4-2-1-3-5-15)18(23)21(16)12-13-6-8-24-9-7-13/h4,10-11,13H,1-3,5-9,12H2. The number of halogens is 1. The lowest BCUT2D eigenvalue weighted by atomic mass is 10.0. The second-order valence-corrected chi connectivity index (χ2v) is 7.64. The van der Waals surface area contributed by atoms with Crippen molar-refractivity contribution >= 4 is 32.8 Å². The maximum Gasteiger partial charge on any atom is 0.334 e. The molecule has 0 bridgehead atoms. The van der Waals surface area contributed by atoms with E-state index in [0.29, 0.717) is 5.92 Å². The summed E-state index contributed by atoms with van der Waals surface area (Å²) in [4.78, 5) is 17.7. The minimum Gasteiger partial charge on any atom is -0.381 e. The number of ether oxygens (including phenoxy) is 1. The Balaban J connectivity index is 1.82. The average Bonchev–Trinajstić information content (AvgIpc) is 2.88. The molecular formula is C18H22BrN3O2. The summed E-state index contributed by atoms with van der Waals surface area (Å²) in [6.07, 6.45) is 10.4. The third-order valence-electron chi connectivity index (χ3n) is 5.07. The van der Waals surface area contributed by atoms with Gasteiger partial charge in [-0.1, -0.05) is 6.08 Å². The number of pyridine rings is 1. The normalized spacial score (nSPS) is 19.6. The van der Waals surface area contributed by atoms with Crippen molar-refractivity contribution in [3.05, 3.63) is 33.3 Å². The molecule has 0 atom stereocenters. The second-order valence-electron chi connectivity index (χ2n) is 6.72. The molecule has 0 aromatic carbocycles. The van der Waals surface area contributed by atoms with Crippen LogP contribution in [0.1, 0.15) is 38.5 Å². The Hall–Kier alpha value is -1.40. The monoisotopic (exact) mass is 391 g/mol. The van der Waals surface area contributed by atoms with Crippen LogP contribution >= 0.6 is 15.9 Å². The van der Waals surface area contributed by atoms with E-state index in [9.17, 15) is 4.79 Å². The predicted octanol–water partition coefficient (Wildman–Crippen LogP) is 3.80. The minimum atomic E-state index is 0.0511. The van der Waals surface area contributed by atoms with E-state index in [1.807, 2.05) is 15.2 Å². The molecule has 0 radical (unpaired) electrons. The smallest absolute Gasteiger partial charge is 0.334 e. The van der Waals surface area contributed by atoms with E-state index >= 15 is 0 Å². The SMILES string of the molecule is O=c1n(CC2CCOCC2)c2cc(Br)cnc2n1C1=CCCCC1. The number of imidazole rings is 1. The quantitative estimate of drug-likeness (QED) is 0.799. The zero-order valence-electron chi connectivity index (χ0n) is 13.7. The number of nitrogens with zero attached hydrogens (tertiary/aromatic N) is 3. The third-order valence-corrected chi connectivity index (χ3v) is 5.51. The summed E-state index contributed by atoms with van der Waals surface area (Å²) >= 11 is 3.50. The second kappa shape index (κ2) is 6.84. The van der Waals surface area contributed by atoms with Crippen LogP contribution < -0.4 is 5.69 Å². The Morgan fingerprint density at radius 2 is 2.12 bits per heavy atom. The van der Waals surface area contributed by atoms with Crippen LogP contribution in [0.2, 0.25) is 0 Å². The Morgan fingerprint density at radius 1 is 1.29 bits per heavy atom. The number of hydrogen-bond acceptors (Lipinski definition) is 3. The Kier molecular flexibility index (Phi) is 4.59. The van der Waals surface area contributed by atoms with Crippen LogP contribution in [0.3, 0.4) is 0 Å². The van der Waals surface area contributed by atoms with Crippen molar-refractivity contribution in [2.75, 3.05) is 13.2 Å². The van der Waals surface area contributed by atoms with Gasteiger partial charge in [0.05, 0.1) is 5.52 Å². The van der Waals surface area contributed by atoms with Gasteiger partial charge in [-0.2, -0.15) is 0 Å². The summed E-state index contributed by atoms with van der Waals surface area (Å²) < 4.78 is 10.1. The maximum atomic E-state index is 13.2. The molecule has 0 amide bonds. The van der Waals surface area contributed by atoms with Crippen molar-refractivity contribution in [1.82, 2.24) is 14.1 Å². The van der Waals surface area contributed by atoms with E-state index in [1.54, 1.807) is 6.20 Å².